The molecule has 2 aromatic carbocycles. The van der Waals surface area contributed by atoms with E-state index in [2.05, 4.69) is 15.4 Å². The van der Waals surface area contributed by atoms with Gasteiger partial charge in [-0.1, -0.05) is 12.1 Å². The quantitative estimate of drug-likeness (QED) is 0.385. The average Bonchev–Trinajstić information content (AvgIpc) is 3.28. The van der Waals surface area contributed by atoms with Crippen molar-refractivity contribution in [2.45, 2.75) is 26.3 Å². The van der Waals surface area contributed by atoms with Crippen molar-refractivity contribution < 1.29 is 23.0 Å². The highest BCUT2D eigenvalue weighted by Gasteiger charge is 2.22. The normalized spacial score (nSPS) is 12.1. The second-order valence-corrected chi connectivity index (χ2v) is 7.59. The van der Waals surface area contributed by atoms with Gasteiger partial charge in [-0.25, -0.2) is 18.3 Å². The van der Waals surface area contributed by atoms with Gasteiger partial charge in [0.05, 0.1) is 31.6 Å². The largest absolute Gasteiger partial charge is 0.497 e. The Morgan fingerprint density at radius 2 is 1.76 bits per heavy atom. The van der Waals surface area contributed by atoms with Crippen LogP contribution in [0.5, 0.6) is 11.5 Å². The first kappa shape index (κ1) is 23.2. The number of halogens is 2. The lowest BCUT2D eigenvalue weighted by molar-refractivity contribution is 0.0941. The van der Waals surface area contributed by atoms with E-state index in [9.17, 15) is 13.6 Å². The van der Waals surface area contributed by atoms with E-state index in [-0.39, 0.29) is 22.9 Å². The molecule has 0 fully saturated rings. The first-order valence-corrected chi connectivity index (χ1v) is 10.8. The van der Waals surface area contributed by atoms with Crippen LogP contribution in [0.25, 0.3) is 16.9 Å². The molecule has 0 saturated heterocycles. The van der Waals surface area contributed by atoms with E-state index < -0.39 is 12.3 Å². The third-order valence-electron chi connectivity index (χ3n) is 5.39. The lowest BCUT2D eigenvalue weighted by Crippen LogP contribution is -2.26. The van der Waals surface area contributed by atoms with Crippen molar-refractivity contribution in [2.24, 2.45) is 0 Å². The minimum absolute atomic E-state index is 0.0556. The van der Waals surface area contributed by atoms with Gasteiger partial charge in [0, 0.05) is 5.56 Å². The first-order valence-electron chi connectivity index (χ1n) is 10.8. The van der Waals surface area contributed by atoms with Crippen LogP contribution in [0.4, 0.5) is 8.78 Å². The summed E-state index contributed by atoms with van der Waals surface area (Å²) in [5.74, 6) is 0.907. The van der Waals surface area contributed by atoms with Gasteiger partial charge in [-0.2, -0.15) is 5.10 Å². The molecular weight excluding hydrogens is 442 g/mol. The molecule has 0 spiro atoms. The fourth-order valence-electron chi connectivity index (χ4n) is 3.59. The summed E-state index contributed by atoms with van der Waals surface area (Å²) in [4.78, 5) is 17.5. The molecule has 0 radical (unpaired) electrons. The number of amides is 1. The zero-order valence-corrected chi connectivity index (χ0v) is 19.0. The van der Waals surface area contributed by atoms with Gasteiger partial charge in [0.15, 0.2) is 5.65 Å². The van der Waals surface area contributed by atoms with Gasteiger partial charge in [-0.3, -0.25) is 4.79 Å². The first-order chi connectivity index (χ1) is 16.4. The summed E-state index contributed by atoms with van der Waals surface area (Å²) in [5.41, 5.74) is 1.60. The number of alkyl halides is 2. The molecule has 9 heteroatoms. The van der Waals surface area contributed by atoms with Gasteiger partial charge >= 0.3 is 0 Å². The number of nitrogens with one attached hydrogen (secondary N) is 1. The molecule has 1 atom stereocenters. The van der Waals surface area contributed by atoms with Crippen LogP contribution in [0.2, 0.25) is 0 Å². The SMILES string of the molecule is CCOc1ccc([C@H](C)NC(=O)c2cnn3c(C(F)F)cc(-c4ccc(OC)cc4)nc23)cc1. The van der Waals surface area contributed by atoms with Crippen molar-refractivity contribution in [3.05, 3.63) is 77.6 Å². The highest BCUT2D eigenvalue weighted by molar-refractivity contribution is 6.00. The Balaban J connectivity index is 1.66. The van der Waals surface area contributed by atoms with E-state index in [1.165, 1.54) is 12.3 Å². The molecule has 0 aliphatic rings. The molecule has 0 bridgehead atoms. The van der Waals surface area contributed by atoms with Crippen molar-refractivity contribution >= 4 is 11.6 Å². The van der Waals surface area contributed by atoms with E-state index >= 15 is 0 Å². The zero-order valence-electron chi connectivity index (χ0n) is 19.0. The maximum Gasteiger partial charge on any atom is 0.280 e. The van der Waals surface area contributed by atoms with Crippen LogP contribution in [-0.2, 0) is 0 Å². The number of aromatic nitrogens is 3. The van der Waals surface area contributed by atoms with Crippen LogP contribution in [-0.4, -0.2) is 34.2 Å². The Labute approximate surface area is 195 Å². The fraction of sp³-hybridized carbons (Fsp3) is 0.240. The molecule has 0 aliphatic heterocycles. The number of methoxy groups -OCH3 is 1. The van der Waals surface area contributed by atoms with Crippen LogP contribution in [0.15, 0.2) is 60.8 Å². The molecular formula is C25H24F2N4O3. The van der Waals surface area contributed by atoms with E-state index in [0.717, 1.165) is 15.8 Å². The molecule has 1 amide bonds. The standard InChI is InChI=1S/C25H24F2N4O3/c1-4-34-19-11-5-16(6-12-19)15(2)29-25(32)20-14-28-31-22(23(26)27)13-21(30-24(20)31)17-7-9-18(33-3)10-8-17/h5-15,23H,4H2,1-3H3,(H,29,32)/t15-/m0/s1. The third-order valence-corrected chi connectivity index (χ3v) is 5.39. The number of hydrogen-bond donors (Lipinski definition) is 1. The van der Waals surface area contributed by atoms with Crippen LogP contribution in [0.1, 0.15) is 47.9 Å². The average molecular weight is 466 g/mol. The summed E-state index contributed by atoms with van der Waals surface area (Å²) in [7, 11) is 1.54. The predicted molar refractivity (Wildman–Crippen MR) is 123 cm³/mol. The van der Waals surface area contributed by atoms with Crippen molar-refractivity contribution in [3.8, 4) is 22.8 Å². The zero-order chi connectivity index (χ0) is 24.2. The van der Waals surface area contributed by atoms with Crippen molar-refractivity contribution in [1.29, 1.82) is 0 Å². The maximum absolute atomic E-state index is 13.8. The molecule has 176 valence electrons. The second-order valence-electron chi connectivity index (χ2n) is 7.59. The third kappa shape index (κ3) is 4.68. The summed E-state index contributed by atoms with van der Waals surface area (Å²) in [6, 6.07) is 15.2. The molecule has 0 aliphatic carbocycles. The number of carbonyl (C=O) groups is 1. The van der Waals surface area contributed by atoms with Gasteiger partial charge in [0.1, 0.15) is 22.8 Å². The van der Waals surface area contributed by atoms with Gasteiger partial charge in [0.25, 0.3) is 12.3 Å². The number of hydrogen-bond acceptors (Lipinski definition) is 5. The Morgan fingerprint density at radius 1 is 1.09 bits per heavy atom. The summed E-state index contributed by atoms with van der Waals surface area (Å²) in [5, 5.41) is 6.90. The van der Waals surface area contributed by atoms with E-state index in [0.29, 0.717) is 23.6 Å². The maximum atomic E-state index is 13.8. The number of nitrogens with zero attached hydrogens (tertiary/aromatic N) is 3. The number of carbonyl (C=O) groups excluding carboxylic acids is 1. The number of fused-ring (bicyclic) bond motifs is 1. The predicted octanol–water partition coefficient (Wildman–Crippen LogP) is 5.23. The summed E-state index contributed by atoms with van der Waals surface area (Å²) >= 11 is 0. The van der Waals surface area contributed by atoms with E-state index in [1.807, 2.05) is 38.1 Å². The summed E-state index contributed by atoms with van der Waals surface area (Å²) in [6.45, 7) is 4.30. The summed E-state index contributed by atoms with van der Waals surface area (Å²) < 4.78 is 39.2. The smallest absolute Gasteiger partial charge is 0.280 e. The molecule has 4 aromatic rings. The topological polar surface area (TPSA) is 77.8 Å². The Hall–Kier alpha value is -4.01. The van der Waals surface area contributed by atoms with Crippen LogP contribution in [0, 0.1) is 0 Å². The number of ether oxygens (including phenoxy) is 2. The van der Waals surface area contributed by atoms with Gasteiger partial charge in [-0.05, 0) is 61.9 Å². The Kier molecular flexibility index (Phi) is 6.72. The van der Waals surface area contributed by atoms with E-state index in [1.54, 1.807) is 31.4 Å². The van der Waals surface area contributed by atoms with Gasteiger partial charge in [0.2, 0.25) is 0 Å². The van der Waals surface area contributed by atoms with Crippen molar-refractivity contribution in [1.82, 2.24) is 19.9 Å². The van der Waals surface area contributed by atoms with E-state index in [4.69, 9.17) is 9.47 Å². The lowest BCUT2D eigenvalue weighted by atomic mass is 10.1. The molecule has 34 heavy (non-hydrogen) atoms. The van der Waals surface area contributed by atoms with Crippen LogP contribution >= 0.6 is 0 Å². The molecule has 0 saturated carbocycles. The van der Waals surface area contributed by atoms with Crippen LogP contribution < -0.4 is 14.8 Å². The number of rotatable bonds is 8. The Bertz CT molecular complexity index is 1290. The molecule has 2 heterocycles. The second kappa shape index (κ2) is 9.86. The molecule has 0 unspecified atom stereocenters. The van der Waals surface area contributed by atoms with Gasteiger partial charge < -0.3 is 14.8 Å². The highest BCUT2D eigenvalue weighted by atomic mass is 19.3. The lowest BCUT2D eigenvalue weighted by Gasteiger charge is -2.15. The highest BCUT2D eigenvalue weighted by Crippen LogP contribution is 2.28. The minimum Gasteiger partial charge on any atom is -0.497 e. The fourth-order valence-corrected chi connectivity index (χ4v) is 3.59. The number of benzene rings is 2. The Morgan fingerprint density at radius 3 is 2.38 bits per heavy atom. The molecule has 1 N–H and O–H groups in total. The van der Waals surface area contributed by atoms with Gasteiger partial charge in [-0.15, -0.1) is 0 Å². The molecule has 2 aromatic heterocycles. The minimum atomic E-state index is -2.80. The monoisotopic (exact) mass is 466 g/mol. The van der Waals surface area contributed by atoms with Crippen molar-refractivity contribution in [2.75, 3.05) is 13.7 Å². The molecule has 7 nitrogen and oxygen atoms in total. The summed E-state index contributed by atoms with van der Waals surface area (Å²) in [6.07, 6.45) is -1.55. The molecule has 4 rings (SSSR count). The van der Waals surface area contributed by atoms with Crippen LogP contribution in [0.3, 0.4) is 0 Å². The van der Waals surface area contributed by atoms with Crippen molar-refractivity contribution in [3.63, 3.8) is 0 Å².